The van der Waals surface area contributed by atoms with Crippen LogP contribution in [-0.4, -0.2) is 25.0 Å². The molecule has 17 heavy (non-hydrogen) atoms. The zero-order valence-electron chi connectivity index (χ0n) is 10.6. The van der Waals surface area contributed by atoms with Crippen molar-refractivity contribution < 1.29 is 4.79 Å². The van der Waals surface area contributed by atoms with Crippen LogP contribution in [0.15, 0.2) is 24.3 Å². The predicted octanol–water partition coefficient (Wildman–Crippen LogP) is 2.34. The van der Waals surface area contributed by atoms with Crippen molar-refractivity contribution in [3.8, 4) is 0 Å². The van der Waals surface area contributed by atoms with Gasteiger partial charge in [0.15, 0.2) is 0 Å². The fourth-order valence-corrected chi connectivity index (χ4v) is 2.22. The van der Waals surface area contributed by atoms with E-state index >= 15 is 0 Å². The lowest BCUT2D eigenvalue weighted by Crippen LogP contribution is -2.23. The van der Waals surface area contributed by atoms with Crippen LogP contribution in [-0.2, 0) is 11.3 Å². The molecule has 1 amide bonds. The minimum Gasteiger partial charge on any atom is -0.326 e. The van der Waals surface area contributed by atoms with Crippen molar-refractivity contribution >= 4 is 23.4 Å². The van der Waals surface area contributed by atoms with Gasteiger partial charge in [0.2, 0.25) is 5.91 Å². The summed E-state index contributed by atoms with van der Waals surface area (Å²) in [5.74, 6) is 0.968. The van der Waals surface area contributed by atoms with Gasteiger partial charge in [-0.2, -0.15) is 11.8 Å². The van der Waals surface area contributed by atoms with Crippen molar-refractivity contribution in [2.75, 3.05) is 24.4 Å². The van der Waals surface area contributed by atoms with Gasteiger partial charge >= 0.3 is 0 Å². The first-order chi connectivity index (χ1) is 8.19. The Morgan fingerprint density at radius 1 is 1.41 bits per heavy atom. The summed E-state index contributed by atoms with van der Waals surface area (Å²) in [6, 6.07) is 7.88. The van der Waals surface area contributed by atoms with Crippen LogP contribution in [0, 0.1) is 5.92 Å². The lowest BCUT2D eigenvalue weighted by Gasteiger charge is -2.14. The molecular weight excluding hydrogens is 232 g/mol. The number of hydrogen-bond acceptors (Lipinski definition) is 3. The van der Waals surface area contributed by atoms with E-state index in [1.54, 1.807) is 11.8 Å². The molecule has 1 aromatic carbocycles. The monoisotopic (exact) mass is 252 g/mol. The van der Waals surface area contributed by atoms with E-state index in [0.29, 0.717) is 0 Å². The van der Waals surface area contributed by atoms with Gasteiger partial charge in [-0.1, -0.05) is 25.1 Å². The number of anilines is 1. The summed E-state index contributed by atoms with van der Waals surface area (Å²) in [4.78, 5) is 11.9. The molecule has 0 saturated heterocycles. The molecular formula is C13H20N2OS. The Bertz CT molecular complexity index is 368. The molecule has 0 radical (unpaired) electrons. The van der Waals surface area contributed by atoms with Gasteiger partial charge in [-0.05, 0) is 24.9 Å². The topological polar surface area (TPSA) is 41.1 Å². The first-order valence-electron chi connectivity index (χ1n) is 5.71. The Kier molecular flexibility index (Phi) is 6.08. The second kappa shape index (κ2) is 7.35. The van der Waals surface area contributed by atoms with E-state index in [1.807, 2.05) is 44.5 Å². The summed E-state index contributed by atoms with van der Waals surface area (Å²) in [7, 11) is 1.90. The van der Waals surface area contributed by atoms with Crippen LogP contribution in [0.1, 0.15) is 12.5 Å². The number of hydrogen-bond donors (Lipinski definition) is 2. The molecule has 1 unspecified atom stereocenters. The maximum atomic E-state index is 11.9. The maximum absolute atomic E-state index is 11.9. The summed E-state index contributed by atoms with van der Waals surface area (Å²) in [5, 5.41) is 6.08. The van der Waals surface area contributed by atoms with Crippen LogP contribution in [0.4, 0.5) is 5.69 Å². The zero-order chi connectivity index (χ0) is 12.7. The van der Waals surface area contributed by atoms with Gasteiger partial charge in [-0.3, -0.25) is 4.79 Å². The highest BCUT2D eigenvalue weighted by Gasteiger charge is 2.13. The minimum atomic E-state index is 0.0349. The fraction of sp³-hybridized carbons (Fsp3) is 0.462. The van der Waals surface area contributed by atoms with E-state index < -0.39 is 0 Å². The predicted molar refractivity (Wildman–Crippen MR) is 75.4 cm³/mol. The molecule has 0 aliphatic carbocycles. The molecule has 0 saturated carbocycles. The van der Waals surface area contributed by atoms with Crippen molar-refractivity contribution in [2.24, 2.45) is 5.92 Å². The SMILES string of the molecule is CNCc1ccccc1NC(=O)C(C)CSC. The Morgan fingerprint density at radius 3 is 2.76 bits per heavy atom. The van der Waals surface area contributed by atoms with Crippen LogP contribution in [0.3, 0.4) is 0 Å². The second-order valence-corrected chi connectivity index (χ2v) is 4.94. The van der Waals surface area contributed by atoms with E-state index in [1.165, 1.54) is 0 Å². The lowest BCUT2D eigenvalue weighted by atomic mass is 10.1. The maximum Gasteiger partial charge on any atom is 0.228 e. The first kappa shape index (κ1) is 14.1. The van der Waals surface area contributed by atoms with E-state index in [4.69, 9.17) is 0 Å². The third-order valence-electron chi connectivity index (χ3n) is 2.51. The van der Waals surface area contributed by atoms with Crippen LogP contribution >= 0.6 is 11.8 Å². The minimum absolute atomic E-state index is 0.0349. The van der Waals surface area contributed by atoms with Gasteiger partial charge in [0.25, 0.3) is 0 Å². The van der Waals surface area contributed by atoms with Crippen molar-refractivity contribution in [3.63, 3.8) is 0 Å². The molecule has 3 nitrogen and oxygen atoms in total. The number of benzene rings is 1. The number of rotatable bonds is 6. The molecule has 0 bridgehead atoms. The molecule has 1 aromatic rings. The number of para-hydroxylation sites is 1. The summed E-state index contributed by atoms with van der Waals surface area (Å²) >= 11 is 1.69. The molecule has 0 fully saturated rings. The number of thioether (sulfide) groups is 1. The largest absolute Gasteiger partial charge is 0.326 e. The van der Waals surface area contributed by atoms with E-state index in [0.717, 1.165) is 23.5 Å². The Balaban J connectivity index is 2.70. The highest BCUT2D eigenvalue weighted by Crippen LogP contribution is 2.16. The van der Waals surface area contributed by atoms with Crippen LogP contribution < -0.4 is 10.6 Å². The summed E-state index contributed by atoms with van der Waals surface area (Å²) in [6.07, 6.45) is 2.01. The van der Waals surface area contributed by atoms with Gasteiger partial charge < -0.3 is 10.6 Å². The molecule has 94 valence electrons. The molecule has 0 aliphatic rings. The molecule has 0 heterocycles. The van der Waals surface area contributed by atoms with Crippen LogP contribution in [0.5, 0.6) is 0 Å². The Morgan fingerprint density at radius 2 is 2.12 bits per heavy atom. The van der Waals surface area contributed by atoms with Gasteiger partial charge in [-0.25, -0.2) is 0 Å². The smallest absolute Gasteiger partial charge is 0.228 e. The number of carbonyl (C=O) groups excluding carboxylic acids is 1. The zero-order valence-corrected chi connectivity index (χ0v) is 11.4. The Labute approximate surface area is 107 Å². The normalized spacial score (nSPS) is 12.2. The van der Waals surface area contributed by atoms with Crippen LogP contribution in [0.2, 0.25) is 0 Å². The highest BCUT2D eigenvalue weighted by molar-refractivity contribution is 7.98. The third kappa shape index (κ3) is 4.40. The van der Waals surface area contributed by atoms with Gasteiger partial charge in [0, 0.05) is 23.9 Å². The number of amides is 1. The molecule has 0 aromatic heterocycles. The molecule has 0 spiro atoms. The molecule has 4 heteroatoms. The number of carbonyl (C=O) groups is 1. The molecule has 1 atom stereocenters. The summed E-state index contributed by atoms with van der Waals surface area (Å²) < 4.78 is 0. The van der Waals surface area contributed by atoms with E-state index in [2.05, 4.69) is 10.6 Å². The standard InChI is InChI=1S/C13H20N2OS/c1-10(9-17-3)13(16)15-12-7-5-4-6-11(12)8-14-2/h4-7,10,14H,8-9H2,1-3H3,(H,15,16). The average molecular weight is 252 g/mol. The summed E-state index contributed by atoms with van der Waals surface area (Å²) in [6.45, 7) is 2.71. The second-order valence-electron chi connectivity index (χ2n) is 4.03. The molecule has 2 N–H and O–H groups in total. The summed E-state index contributed by atoms with van der Waals surface area (Å²) in [5.41, 5.74) is 2.01. The van der Waals surface area contributed by atoms with Gasteiger partial charge in [0.05, 0.1) is 0 Å². The average Bonchev–Trinajstić information content (AvgIpc) is 2.32. The van der Waals surface area contributed by atoms with Crippen molar-refractivity contribution in [1.29, 1.82) is 0 Å². The Hall–Kier alpha value is -1.000. The fourth-order valence-electron chi connectivity index (χ4n) is 1.57. The van der Waals surface area contributed by atoms with Crippen LogP contribution in [0.25, 0.3) is 0 Å². The molecule has 1 rings (SSSR count). The third-order valence-corrected chi connectivity index (χ3v) is 3.34. The van der Waals surface area contributed by atoms with Gasteiger partial charge in [0.1, 0.15) is 0 Å². The van der Waals surface area contributed by atoms with Crippen molar-refractivity contribution in [1.82, 2.24) is 5.32 Å². The van der Waals surface area contributed by atoms with Crippen molar-refractivity contribution in [2.45, 2.75) is 13.5 Å². The van der Waals surface area contributed by atoms with E-state index in [-0.39, 0.29) is 11.8 Å². The first-order valence-corrected chi connectivity index (χ1v) is 7.10. The van der Waals surface area contributed by atoms with Crippen molar-refractivity contribution in [3.05, 3.63) is 29.8 Å². The highest BCUT2D eigenvalue weighted by atomic mass is 32.2. The lowest BCUT2D eigenvalue weighted by molar-refractivity contribution is -0.118. The molecule has 0 aliphatic heterocycles. The van der Waals surface area contributed by atoms with E-state index in [9.17, 15) is 4.79 Å². The number of nitrogens with one attached hydrogen (secondary N) is 2. The quantitative estimate of drug-likeness (QED) is 0.816. The van der Waals surface area contributed by atoms with Gasteiger partial charge in [-0.15, -0.1) is 0 Å².